The first-order chi connectivity index (χ1) is 13.9. The van der Waals surface area contributed by atoms with Gasteiger partial charge in [-0.05, 0) is 49.4 Å². The molecule has 2 rings (SSSR count). The van der Waals surface area contributed by atoms with Crippen LogP contribution in [0.25, 0.3) is 0 Å². The number of hydrogen-bond donors (Lipinski definition) is 1. The van der Waals surface area contributed by atoms with Crippen LogP contribution in [0, 0.1) is 0 Å². The molecule has 0 saturated carbocycles. The Balaban J connectivity index is 2.18. The van der Waals surface area contributed by atoms with Crippen molar-refractivity contribution in [2.45, 2.75) is 58.5 Å². The maximum atomic E-state index is 13.2. The van der Waals surface area contributed by atoms with Crippen LogP contribution in [0.5, 0.6) is 0 Å². The van der Waals surface area contributed by atoms with E-state index in [9.17, 15) is 9.59 Å². The molecular formula is C24H31ClN2O2. The standard InChI is InChI=1S/C24H31ClN2O2/c1-4-18(3)26-24(29)22(5-2)27(16-15-19-9-7-6-8-10-19)23(28)17-20-11-13-21(25)14-12-20/h6-14,18,22H,4-5,15-17H2,1-3H3,(H,26,29)/t18-,22-/m0/s1. The Morgan fingerprint density at radius 3 is 2.21 bits per heavy atom. The molecule has 156 valence electrons. The molecule has 0 spiro atoms. The highest BCUT2D eigenvalue weighted by Crippen LogP contribution is 2.14. The van der Waals surface area contributed by atoms with Crippen LogP contribution >= 0.6 is 11.6 Å². The average molecular weight is 415 g/mol. The molecule has 29 heavy (non-hydrogen) atoms. The maximum Gasteiger partial charge on any atom is 0.243 e. The van der Waals surface area contributed by atoms with Gasteiger partial charge in [-0.15, -0.1) is 0 Å². The van der Waals surface area contributed by atoms with Crippen LogP contribution in [0.4, 0.5) is 0 Å². The van der Waals surface area contributed by atoms with Gasteiger partial charge in [0, 0.05) is 17.6 Å². The van der Waals surface area contributed by atoms with Crippen LogP contribution in [0.1, 0.15) is 44.7 Å². The second-order valence-electron chi connectivity index (χ2n) is 7.37. The molecule has 0 bridgehead atoms. The Morgan fingerprint density at radius 1 is 0.966 bits per heavy atom. The van der Waals surface area contributed by atoms with Crippen molar-refractivity contribution >= 4 is 23.4 Å². The first-order valence-electron chi connectivity index (χ1n) is 10.3. The number of carbonyl (C=O) groups is 2. The van der Waals surface area contributed by atoms with Crippen LogP contribution in [-0.2, 0) is 22.4 Å². The molecular weight excluding hydrogens is 384 g/mol. The first kappa shape index (κ1) is 23.0. The Labute approximate surface area is 179 Å². The molecule has 0 aromatic heterocycles. The molecule has 0 heterocycles. The fourth-order valence-electron chi connectivity index (χ4n) is 3.22. The predicted octanol–water partition coefficient (Wildman–Crippen LogP) is 4.65. The molecule has 2 aromatic rings. The predicted molar refractivity (Wildman–Crippen MR) is 119 cm³/mol. The number of amides is 2. The second kappa shape index (κ2) is 11.6. The minimum Gasteiger partial charge on any atom is -0.352 e. The molecule has 0 radical (unpaired) electrons. The van der Waals surface area contributed by atoms with Crippen LogP contribution in [0.15, 0.2) is 54.6 Å². The molecule has 0 saturated heterocycles. The van der Waals surface area contributed by atoms with Gasteiger partial charge >= 0.3 is 0 Å². The second-order valence-corrected chi connectivity index (χ2v) is 7.80. The molecule has 0 aliphatic carbocycles. The van der Waals surface area contributed by atoms with Crippen LogP contribution < -0.4 is 5.32 Å². The Hall–Kier alpha value is -2.33. The first-order valence-corrected chi connectivity index (χ1v) is 10.7. The lowest BCUT2D eigenvalue weighted by Gasteiger charge is -2.31. The normalized spacial score (nSPS) is 12.8. The minimum absolute atomic E-state index is 0.0468. The summed E-state index contributed by atoms with van der Waals surface area (Å²) in [5.41, 5.74) is 2.04. The molecule has 5 heteroatoms. The summed E-state index contributed by atoms with van der Waals surface area (Å²) in [6.07, 6.45) is 2.38. The van der Waals surface area contributed by atoms with E-state index in [4.69, 9.17) is 11.6 Å². The molecule has 1 N–H and O–H groups in total. The summed E-state index contributed by atoms with van der Waals surface area (Å²) in [5.74, 6) is -0.131. The molecule has 0 aliphatic rings. The number of hydrogen-bond acceptors (Lipinski definition) is 2. The summed E-state index contributed by atoms with van der Waals surface area (Å²) in [6.45, 7) is 6.47. The van der Waals surface area contributed by atoms with E-state index in [0.717, 1.165) is 17.5 Å². The smallest absolute Gasteiger partial charge is 0.243 e. The monoisotopic (exact) mass is 414 g/mol. The third-order valence-electron chi connectivity index (χ3n) is 5.14. The summed E-state index contributed by atoms with van der Waals surface area (Å²) in [6, 6.07) is 16.9. The highest BCUT2D eigenvalue weighted by atomic mass is 35.5. The van der Waals surface area contributed by atoms with E-state index < -0.39 is 6.04 Å². The number of rotatable bonds is 10. The van der Waals surface area contributed by atoms with E-state index >= 15 is 0 Å². The molecule has 2 atom stereocenters. The zero-order chi connectivity index (χ0) is 21.2. The number of carbonyl (C=O) groups excluding carboxylic acids is 2. The largest absolute Gasteiger partial charge is 0.352 e. The van der Waals surface area contributed by atoms with Crippen molar-refractivity contribution in [3.8, 4) is 0 Å². The number of nitrogens with one attached hydrogen (secondary N) is 1. The fourth-order valence-corrected chi connectivity index (χ4v) is 3.34. The molecule has 0 unspecified atom stereocenters. The minimum atomic E-state index is -0.479. The van der Waals surface area contributed by atoms with Crippen molar-refractivity contribution in [2.24, 2.45) is 0 Å². The van der Waals surface area contributed by atoms with E-state index in [1.807, 2.05) is 63.2 Å². The zero-order valence-corrected chi connectivity index (χ0v) is 18.3. The van der Waals surface area contributed by atoms with Gasteiger partial charge in [0.05, 0.1) is 6.42 Å². The molecule has 4 nitrogen and oxygen atoms in total. The van der Waals surface area contributed by atoms with E-state index in [0.29, 0.717) is 24.4 Å². The molecule has 2 amide bonds. The molecule has 2 aromatic carbocycles. The number of halogens is 1. The van der Waals surface area contributed by atoms with Gasteiger partial charge in [0.15, 0.2) is 0 Å². The average Bonchev–Trinajstić information content (AvgIpc) is 2.73. The highest BCUT2D eigenvalue weighted by Gasteiger charge is 2.28. The van der Waals surface area contributed by atoms with Crippen molar-refractivity contribution in [2.75, 3.05) is 6.54 Å². The number of nitrogens with zero attached hydrogens (tertiary/aromatic N) is 1. The third-order valence-corrected chi connectivity index (χ3v) is 5.39. The van der Waals surface area contributed by atoms with Gasteiger partial charge in [0.25, 0.3) is 0 Å². The fraction of sp³-hybridized carbons (Fsp3) is 0.417. The summed E-state index contributed by atoms with van der Waals surface area (Å²) in [4.78, 5) is 27.8. The van der Waals surface area contributed by atoms with E-state index in [1.54, 1.807) is 17.0 Å². The van der Waals surface area contributed by atoms with Gasteiger partial charge in [-0.25, -0.2) is 0 Å². The van der Waals surface area contributed by atoms with Crippen molar-refractivity contribution in [3.05, 3.63) is 70.7 Å². The highest BCUT2D eigenvalue weighted by molar-refractivity contribution is 6.30. The Bertz CT molecular complexity index is 777. The maximum absolute atomic E-state index is 13.2. The van der Waals surface area contributed by atoms with Crippen molar-refractivity contribution in [1.82, 2.24) is 10.2 Å². The van der Waals surface area contributed by atoms with Gasteiger partial charge in [0.1, 0.15) is 6.04 Å². The summed E-state index contributed by atoms with van der Waals surface area (Å²) in [7, 11) is 0. The topological polar surface area (TPSA) is 49.4 Å². The zero-order valence-electron chi connectivity index (χ0n) is 17.5. The SMILES string of the molecule is CC[C@H](C)NC(=O)[C@H](CC)N(CCc1ccccc1)C(=O)Cc1ccc(Cl)cc1. The lowest BCUT2D eigenvalue weighted by atomic mass is 10.1. The third kappa shape index (κ3) is 7.21. The number of benzene rings is 2. The van der Waals surface area contributed by atoms with E-state index in [1.165, 1.54) is 0 Å². The van der Waals surface area contributed by atoms with Crippen LogP contribution in [-0.4, -0.2) is 35.3 Å². The van der Waals surface area contributed by atoms with Crippen LogP contribution in [0.3, 0.4) is 0 Å². The lowest BCUT2D eigenvalue weighted by molar-refractivity contribution is -0.140. The van der Waals surface area contributed by atoms with Crippen molar-refractivity contribution in [3.63, 3.8) is 0 Å². The summed E-state index contributed by atoms with van der Waals surface area (Å²) in [5, 5.41) is 3.68. The van der Waals surface area contributed by atoms with Crippen molar-refractivity contribution < 1.29 is 9.59 Å². The molecule has 0 aliphatic heterocycles. The van der Waals surface area contributed by atoms with E-state index in [2.05, 4.69) is 5.32 Å². The summed E-state index contributed by atoms with van der Waals surface area (Å²) >= 11 is 5.96. The quantitative estimate of drug-likeness (QED) is 0.615. The lowest BCUT2D eigenvalue weighted by Crippen LogP contribution is -2.52. The Kier molecular flexibility index (Phi) is 9.20. The van der Waals surface area contributed by atoms with E-state index in [-0.39, 0.29) is 24.3 Å². The van der Waals surface area contributed by atoms with Gasteiger partial charge in [-0.2, -0.15) is 0 Å². The van der Waals surface area contributed by atoms with Crippen LogP contribution in [0.2, 0.25) is 5.02 Å². The van der Waals surface area contributed by atoms with Crippen molar-refractivity contribution in [1.29, 1.82) is 0 Å². The van der Waals surface area contributed by atoms with Gasteiger partial charge in [-0.1, -0.05) is 67.9 Å². The van der Waals surface area contributed by atoms with Gasteiger partial charge in [-0.3, -0.25) is 9.59 Å². The van der Waals surface area contributed by atoms with Gasteiger partial charge < -0.3 is 10.2 Å². The molecule has 0 fully saturated rings. The van der Waals surface area contributed by atoms with Gasteiger partial charge in [0.2, 0.25) is 11.8 Å². The Morgan fingerprint density at radius 2 is 1.62 bits per heavy atom. The summed E-state index contributed by atoms with van der Waals surface area (Å²) < 4.78 is 0.